The SMILES string of the molecule is O=c1oc2ccccc2n1CCS(=O)(=O)N[C@H]1CCc2ccccc21. The number of sulfonamides is 1. The molecule has 0 saturated heterocycles. The standard InChI is InChI=1S/C18H18N2O4S/c21-18-20(16-7-3-4-8-17(16)24-18)11-12-25(22,23)19-15-10-9-13-5-1-2-6-14(13)15/h1-8,15,19H,9-12H2/t15-/m0/s1. The quantitative estimate of drug-likeness (QED) is 0.758. The number of fused-ring (bicyclic) bond motifs is 2. The number of aromatic nitrogens is 1. The van der Waals surface area contributed by atoms with Crippen LogP contribution in [0.3, 0.4) is 0 Å². The number of para-hydroxylation sites is 2. The number of rotatable bonds is 5. The number of nitrogens with one attached hydrogen (secondary N) is 1. The first-order chi connectivity index (χ1) is 12.0. The van der Waals surface area contributed by atoms with Gasteiger partial charge in [-0.3, -0.25) is 4.57 Å². The van der Waals surface area contributed by atoms with Gasteiger partial charge in [0.15, 0.2) is 5.58 Å². The molecule has 0 aliphatic heterocycles. The van der Waals surface area contributed by atoms with Crippen LogP contribution in [0.5, 0.6) is 0 Å². The van der Waals surface area contributed by atoms with Crippen molar-refractivity contribution in [2.75, 3.05) is 5.75 Å². The molecule has 0 radical (unpaired) electrons. The topological polar surface area (TPSA) is 81.3 Å². The third kappa shape index (κ3) is 3.12. The number of benzene rings is 2. The van der Waals surface area contributed by atoms with Crippen molar-refractivity contribution in [2.45, 2.75) is 25.4 Å². The van der Waals surface area contributed by atoms with E-state index >= 15 is 0 Å². The molecular formula is C18H18N2O4S. The molecular weight excluding hydrogens is 340 g/mol. The van der Waals surface area contributed by atoms with E-state index in [0.717, 1.165) is 18.4 Å². The van der Waals surface area contributed by atoms with Gasteiger partial charge in [0.1, 0.15) is 0 Å². The van der Waals surface area contributed by atoms with Crippen LogP contribution < -0.4 is 10.5 Å². The Morgan fingerprint density at radius 3 is 2.76 bits per heavy atom. The summed E-state index contributed by atoms with van der Waals surface area (Å²) < 4.78 is 34.2. The lowest BCUT2D eigenvalue weighted by atomic mass is 10.1. The Morgan fingerprint density at radius 2 is 1.88 bits per heavy atom. The number of hydrogen-bond donors (Lipinski definition) is 1. The predicted molar refractivity (Wildman–Crippen MR) is 94.9 cm³/mol. The molecule has 1 atom stereocenters. The molecule has 6 nitrogen and oxygen atoms in total. The van der Waals surface area contributed by atoms with Crippen LogP contribution in [-0.4, -0.2) is 18.7 Å². The minimum absolute atomic E-state index is 0.0551. The van der Waals surface area contributed by atoms with E-state index in [-0.39, 0.29) is 18.3 Å². The lowest BCUT2D eigenvalue weighted by molar-refractivity contribution is 0.508. The van der Waals surface area contributed by atoms with Gasteiger partial charge in [-0.2, -0.15) is 0 Å². The Bertz CT molecular complexity index is 1080. The van der Waals surface area contributed by atoms with Crippen molar-refractivity contribution in [3.8, 4) is 0 Å². The zero-order valence-electron chi connectivity index (χ0n) is 13.5. The first kappa shape index (κ1) is 16.1. The largest absolute Gasteiger partial charge is 0.419 e. The monoisotopic (exact) mass is 358 g/mol. The molecule has 1 N–H and O–H groups in total. The summed E-state index contributed by atoms with van der Waals surface area (Å²) in [6.45, 7) is 0.0551. The third-order valence-electron chi connectivity index (χ3n) is 4.61. The Labute approximate surface area is 145 Å². The number of oxazole rings is 1. The van der Waals surface area contributed by atoms with Crippen LogP contribution in [0.15, 0.2) is 57.7 Å². The summed E-state index contributed by atoms with van der Waals surface area (Å²) in [4.78, 5) is 11.9. The molecule has 1 heterocycles. The molecule has 7 heteroatoms. The summed E-state index contributed by atoms with van der Waals surface area (Å²) in [7, 11) is -3.52. The second kappa shape index (κ2) is 6.16. The maximum atomic E-state index is 12.5. The third-order valence-corrected chi connectivity index (χ3v) is 5.98. The normalized spacial score (nSPS) is 17.0. The van der Waals surface area contributed by atoms with Gasteiger partial charge in [0, 0.05) is 12.6 Å². The Kier molecular flexibility index (Phi) is 3.97. The molecule has 0 amide bonds. The van der Waals surface area contributed by atoms with Gasteiger partial charge in [-0.25, -0.2) is 17.9 Å². The highest BCUT2D eigenvalue weighted by Gasteiger charge is 2.26. The maximum absolute atomic E-state index is 12.5. The lowest BCUT2D eigenvalue weighted by Crippen LogP contribution is -2.32. The van der Waals surface area contributed by atoms with Crippen LogP contribution in [0.4, 0.5) is 0 Å². The van der Waals surface area contributed by atoms with Crippen molar-refractivity contribution in [1.29, 1.82) is 0 Å². The summed E-state index contributed by atoms with van der Waals surface area (Å²) in [5, 5.41) is 0. The Morgan fingerprint density at radius 1 is 1.12 bits per heavy atom. The van der Waals surface area contributed by atoms with Crippen molar-refractivity contribution < 1.29 is 12.8 Å². The van der Waals surface area contributed by atoms with E-state index in [1.165, 1.54) is 10.1 Å². The van der Waals surface area contributed by atoms with Crippen LogP contribution >= 0.6 is 0 Å². The first-order valence-electron chi connectivity index (χ1n) is 8.20. The highest BCUT2D eigenvalue weighted by molar-refractivity contribution is 7.89. The maximum Gasteiger partial charge on any atom is 0.419 e. The summed E-state index contributed by atoms with van der Waals surface area (Å²) in [5.41, 5.74) is 3.29. The van der Waals surface area contributed by atoms with Gasteiger partial charge < -0.3 is 4.42 Å². The molecule has 1 aliphatic rings. The predicted octanol–water partition coefficient (Wildman–Crippen LogP) is 2.20. The Hall–Kier alpha value is -2.38. The van der Waals surface area contributed by atoms with Crippen LogP contribution in [-0.2, 0) is 23.0 Å². The van der Waals surface area contributed by atoms with Gasteiger partial charge in [-0.05, 0) is 36.1 Å². The van der Waals surface area contributed by atoms with Crippen LogP contribution in [0.1, 0.15) is 23.6 Å². The average molecular weight is 358 g/mol. The molecule has 4 rings (SSSR count). The van der Waals surface area contributed by atoms with Crippen molar-refractivity contribution in [1.82, 2.24) is 9.29 Å². The zero-order valence-corrected chi connectivity index (χ0v) is 14.3. The number of hydrogen-bond acceptors (Lipinski definition) is 4. The van der Waals surface area contributed by atoms with E-state index in [1.54, 1.807) is 24.3 Å². The fourth-order valence-corrected chi connectivity index (χ4v) is 4.61. The van der Waals surface area contributed by atoms with Crippen LogP contribution in [0.2, 0.25) is 0 Å². The molecule has 0 bridgehead atoms. The minimum atomic E-state index is -3.52. The molecule has 3 aromatic rings. The second-order valence-electron chi connectivity index (χ2n) is 6.21. The number of nitrogens with zero attached hydrogens (tertiary/aromatic N) is 1. The van der Waals surface area contributed by atoms with Crippen molar-refractivity contribution >= 4 is 21.1 Å². The summed E-state index contributed by atoms with van der Waals surface area (Å²) in [6.07, 6.45) is 1.63. The second-order valence-corrected chi connectivity index (χ2v) is 8.09. The first-order valence-corrected chi connectivity index (χ1v) is 9.85. The van der Waals surface area contributed by atoms with Crippen molar-refractivity contribution in [3.63, 3.8) is 0 Å². The molecule has 25 heavy (non-hydrogen) atoms. The van der Waals surface area contributed by atoms with Gasteiger partial charge in [-0.1, -0.05) is 36.4 Å². The van der Waals surface area contributed by atoms with Crippen molar-refractivity contribution in [3.05, 3.63) is 70.2 Å². The fraction of sp³-hybridized carbons (Fsp3) is 0.278. The van der Waals surface area contributed by atoms with Crippen LogP contribution in [0, 0.1) is 0 Å². The van der Waals surface area contributed by atoms with Gasteiger partial charge in [-0.15, -0.1) is 0 Å². The molecule has 0 fully saturated rings. The smallest absolute Gasteiger partial charge is 0.408 e. The van der Waals surface area contributed by atoms with Crippen LogP contribution in [0.25, 0.3) is 11.1 Å². The van der Waals surface area contributed by atoms with E-state index in [0.29, 0.717) is 11.1 Å². The van der Waals surface area contributed by atoms with Gasteiger partial charge in [0.05, 0.1) is 11.3 Å². The van der Waals surface area contributed by atoms with E-state index in [2.05, 4.69) is 4.72 Å². The molecule has 0 saturated carbocycles. The molecule has 0 spiro atoms. The van der Waals surface area contributed by atoms with E-state index in [4.69, 9.17) is 4.42 Å². The Balaban J connectivity index is 1.51. The average Bonchev–Trinajstić information content (AvgIpc) is 3.13. The molecule has 1 aliphatic carbocycles. The number of aryl methyl sites for hydroxylation is 2. The molecule has 2 aromatic carbocycles. The highest BCUT2D eigenvalue weighted by Crippen LogP contribution is 2.31. The van der Waals surface area contributed by atoms with E-state index in [1.807, 2.05) is 24.3 Å². The van der Waals surface area contributed by atoms with E-state index in [9.17, 15) is 13.2 Å². The summed E-state index contributed by atoms with van der Waals surface area (Å²) in [5.74, 6) is -0.711. The van der Waals surface area contributed by atoms with Gasteiger partial charge >= 0.3 is 5.76 Å². The zero-order chi connectivity index (χ0) is 17.4. The van der Waals surface area contributed by atoms with Crippen molar-refractivity contribution in [2.24, 2.45) is 0 Å². The molecule has 0 unspecified atom stereocenters. The minimum Gasteiger partial charge on any atom is -0.408 e. The van der Waals surface area contributed by atoms with Gasteiger partial charge in [0.25, 0.3) is 0 Å². The lowest BCUT2D eigenvalue weighted by Gasteiger charge is -2.14. The summed E-state index contributed by atoms with van der Waals surface area (Å²) in [6, 6.07) is 14.7. The van der Waals surface area contributed by atoms with Gasteiger partial charge in [0.2, 0.25) is 10.0 Å². The summed E-state index contributed by atoms with van der Waals surface area (Å²) >= 11 is 0. The fourth-order valence-electron chi connectivity index (χ4n) is 3.39. The highest BCUT2D eigenvalue weighted by atomic mass is 32.2. The van der Waals surface area contributed by atoms with E-state index < -0.39 is 15.8 Å². The molecule has 130 valence electrons. The molecule has 1 aromatic heterocycles.